The van der Waals surface area contributed by atoms with Gasteiger partial charge >= 0.3 is 6.47 Å². The smallest absolute Gasteiger partial charge is 0.323 e. The molecular formula is C21H23N5O6S. The van der Waals surface area contributed by atoms with Crippen LogP contribution in [0.15, 0.2) is 52.2 Å². The van der Waals surface area contributed by atoms with Crippen molar-refractivity contribution in [3.8, 4) is 0 Å². The highest BCUT2D eigenvalue weighted by atomic mass is 32.2. The largest absolute Gasteiger partial charge is 0.464 e. The lowest BCUT2D eigenvalue weighted by atomic mass is 9.98. The molecule has 6 N–H and O–H groups in total. The zero-order valence-electron chi connectivity index (χ0n) is 17.9. The molecule has 0 aliphatic rings. The number of rotatable bonds is 9. The van der Waals surface area contributed by atoms with Gasteiger partial charge in [0.05, 0.1) is 6.26 Å². The van der Waals surface area contributed by atoms with Crippen LogP contribution in [-0.2, 0) is 31.1 Å². The lowest BCUT2D eigenvalue weighted by Gasteiger charge is -2.20. The zero-order valence-corrected chi connectivity index (χ0v) is 18.7. The van der Waals surface area contributed by atoms with Gasteiger partial charge in [0.25, 0.3) is 16.1 Å². The maximum absolute atomic E-state index is 12.9. The van der Waals surface area contributed by atoms with E-state index in [1.807, 2.05) is 18.6 Å². The van der Waals surface area contributed by atoms with E-state index >= 15 is 0 Å². The Morgan fingerprint density at radius 3 is 2.58 bits per heavy atom. The van der Waals surface area contributed by atoms with Crippen LogP contribution in [0, 0.1) is 6.92 Å². The minimum absolute atomic E-state index is 0.0226. The van der Waals surface area contributed by atoms with Gasteiger partial charge in [-0.05, 0) is 66.4 Å². The molecule has 0 aliphatic heterocycles. The lowest BCUT2D eigenvalue weighted by molar-refractivity contribution is -0.128. The number of fused-ring (bicyclic) bond motifs is 1. The number of amidine groups is 1. The Bertz CT molecular complexity index is 1310. The van der Waals surface area contributed by atoms with Crippen LogP contribution in [0.4, 0.5) is 5.69 Å². The third-order valence-corrected chi connectivity index (χ3v) is 5.36. The molecule has 1 unspecified atom stereocenters. The number of hydrogen-bond acceptors (Lipinski definition) is 8. The molecule has 1 heterocycles. The fourth-order valence-corrected chi connectivity index (χ4v) is 3.72. The molecule has 3 aromatic rings. The molecular weight excluding hydrogens is 450 g/mol. The highest BCUT2D eigenvalue weighted by Crippen LogP contribution is 2.30. The fraction of sp³-hybridized carbons (Fsp3) is 0.190. The van der Waals surface area contributed by atoms with E-state index in [0.717, 1.165) is 16.5 Å². The third kappa shape index (κ3) is 5.67. The summed E-state index contributed by atoms with van der Waals surface area (Å²) in [7, 11) is -4.28. The summed E-state index contributed by atoms with van der Waals surface area (Å²) < 4.78 is 30.5. The van der Waals surface area contributed by atoms with E-state index in [1.54, 1.807) is 42.7 Å². The molecule has 33 heavy (non-hydrogen) atoms. The summed E-state index contributed by atoms with van der Waals surface area (Å²) in [6.45, 7) is 3.96. The predicted molar refractivity (Wildman–Crippen MR) is 122 cm³/mol. The summed E-state index contributed by atoms with van der Waals surface area (Å²) in [6, 6.07) is 8.85. The van der Waals surface area contributed by atoms with Crippen LogP contribution in [-0.4, -0.2) is 26.6 Å². The zero-order chi connectivity index (χ0) is 24.2. The molecule has 2 aromatic carbocycles. The first kappa shape index (κ1) is 23.8. The van der Waals surface area contributed by atoms with Crippen LogP contribution in [0.1, 0.15) is 35.2 Å². The number of furan rings is 1. The lowest BCUT2D eigenvalue weighted by Crippen LogP contribution is -2.41. The second-order valence-electron chi connectivity index (χ2n) is 7.17. The molecule has 1 amide bonds. The van der Waals surface area contributed by atoms with Crippen molar-refractivity contribution < 1.29 is 27.3 Å². The van der Waals surface area contributed by atoms with Crippen LogP contribution < -0.4 is 20.9 Å². The van der Waals surface area contributed by atoms with Gasteiger partial charge in [-0.1, -0.05) is 12.1 Å². The van der Waals surface area contributed by atoms with Crippen molar-refractivity contribution in [3.05, 3.63) is 64.9 Å². The van der Waals surface area contributed by atoms with Crippen LogP contribution in [0.25, 0.3) is 11.0 Å². The first-order valence-electron chi connectivity index (χ1n) is 9.77. The highest BCUT2D eigenvalue weighted by molar-refractivity contribution is 7.87. The Balaban J connectivity index is 2.01. The van der Waals surface area contributed by atoms with Crippen molar-refractivity contribution in [2.75, 3.05) is 5.32 Å². The minimum Gasteiger partial charge on any atom is -0.464 e. The summed E-state index contributed by atoms with van der Waals surface area (Å²) in [5, 5.41) is 12.3. The number of benzene rings is 2. The monoisotopic (exact) mass is 473 g/mol. The average molecular weight is 474 g/mol. The van der Waals surface area contributed by atoms with Crippen LogP contribution in [0.2, 0.25) is 0 Å². The molecule has 1 aromatic heterocycles. The number of amides is 1. The van der Waals surface area contributed by atoms with E-state index in [-0.39, 0.29) is 12.3 Å². The Morgan fingerprint density at radius 1 is 1.27 bits per heavy atom. The van der Waals surface area contributed by atoms with E-state index in [0.29, 0.717) is 28.8 Å². The Kier molecular flexibility index (Phi) is 6.99. The van der Waals surface area contributed by atoms with Gasteiger partial charge < -0.3 is 20.3 Å². The Labute approximate surface area is 189 Å². The van der Waals surface area contributed by atoms with Gasteiger partial charge in [0, 0.05) is 16.6 Å². The van der Waals surface area contributed by atoms with Gasteiger partial charge in [0.1, 0.15) is 11.6 Å². The summed E-state index contributed by atoms with van der Waals surface area (Å²) >= 11 is 0. The number of carbonyl (C=O) groups is 2. The number of hydrogen-bond donors (Lipinski definition) is 4. The van der Waals surface area contributed by atoms with Crippen molar-refractivity contribution in [1.82, 2.24) is 4.72 Å². The topological polar surface area (TPSA) is 179 Å². The summed E-state index contributed by atoms with van der Waals surface area (Å²) in [5.74, 6) is -0.879. The number of anilines is 1. The normalized spacial score (nSPS) is 12.9. The Morgan fingerprint density at radius 2 is 1.97 bits per heavy atom. The van der Waals surface area contributed by atoms with Crippen molar-refractivity contribution in [2.24, 2.45) is 16.0 Å². The van der Waals surface area contributed by atoms with Crippen molar-refractivity contribution >= 4 is 45.1 Å². The van der Waals surface area contributed by atoms with E-state index in [4.69, 9.17) is 15.3 Å². The van der Waals surface area contributed by atoms with Gasteiger partial charge in [0.2, 0.25) is 0 Å². The Hall–Kier alpha value is -3.90. The van der Waals surface area contributed by atoms with Crippen molar-refractivity contribution in [3.63, 3.8) is 0 Å². The molecule has 0 spiro atoms. The van der Waals surface area contributed by atoms with E-state index in [1.165, 1.54) is 0 Å². The van der Waals surface area contributed by atoms with Gasteiger partial charge in [-0.25, -0.2) is 9.86 Å². The standard InChI is InChI=1S/C21H23N5O6S/c1-3-13-8-15(9-17-12(2)10-31-19(13)17)18(21(28)26-33(23,29)30)24-16-6-4-14(5-7-16)20(22)25-32-11-27/h4-11,18,24H,3H2,1-2H3,(H2,22,25)(H,26,28)(H2,23,29,30). The molecule has 0 radical (unpaired) electrons. The fourth-order valence-electron chi connectivity index (χ4n) is 3.32. The summed E-state index contributed by atoms with van der Waals surface area (Å²) in [5.41, 5.74) is 9.65. The van der Waals surface area contributed by atoms with Gasteiger partial charge in [-0.15, -0.1) is 0 Å². The molecule has 0 aliphatic carbocycles. The van der Waals surface area contributed by atoms with Crippen molar-refractivity contribution in [2.45, 2.75) is 26.3 Å². The van der Waals surface area contributed by atoms with Crippen molar-refractivity contribution in [1.29, 1.82) is 0 Å². The molecule has 1 atom stereocenters. The van der Waals surface area contributed by atoms with Gasteiger partial charge in [-0.2, -0.15) is 8.42 Å². The number of nitrogens with two attached hydrogens (primary N) is 2. The second-order valence-corrected chi connectivity index (χ2v) is 8.47. The number of nitrogens with one attached hydrogen (secondary N) is 2. The summed E-state index contributed by atoms with van der Waals surface area (Å²) in [4.78, 5) is 27.4. The molecule has 0 saturated heterocycles. The molecule has 11 nitrogen and oxygen atoms in total. The third-order valence-electron chi connectivity index (χ3n) is 4.87. The molecule has 174 valence electrons. The van der Waals surface area contributed by atoms with Crippen LogP contribution >= 0.6 is 0 Å². The number of oxime groups is 1. The van der Waals surface area contributed by atoms with E-state index in [9.17, 15) is 18.0 Å². The quantitative estimate of drug-likeness (QED) is 0.119. The van der Waals surface area contributed by atoms with Gasteiger partial charge in [0.15, 0.2) is 5.84 Å². The minimum atomic E-state index is -4.28. The first-order valence-corrected chi connectivity index (χ1v) is 11.3. The molecule has 0 fully saturated rings. The highest BCUT2D eigenvalue weighted by Gasteiger charge is 2.25. The second kappa shape index (κ2) is 9.71. The van der Waals surface area contributed by atoms with Crippen LogP contribution in [0.5, 0.6) is 0 Å². The molecule has 12 heteroatoms. The van der Waals surface area contributed by atoms with E-state index < -0.39 is 22.2 Å². The molecule has 0 saturated carbocycles. The molecule has 3 rings (SSSR count). The van der Waals surface area contributed by atoms with Crippen LogP contribution in [0.3, 0.4) is 0 Å². The van der Waals surface area contributed by atoms with E-state index in [2.05, 4.69) is 15.3 Å². The number of carbonyl (C=O) groups excluding carboxylic acids is 2. The molecule has 0 bridgehead atoms. The van der Waals surface area contributed by atoms with Gasteiger partial charge in [-0.3, -0.25) is 9.59 Å². The first-order chi connectivity index (χ1) is 15.6. The maximum Gasteiger partial charge on any atom is 0.323 e. The number of aryl methyl sites for hydroxylation is 2. The maximum atomic E-state index is 12.9. The summed E-state index contributed by atoms with van der Waals surface area (Å²) in [6.07, 6.45) is 2.26. The average Bonchev–Trinajstić information content (AvgIpc) is 3.15. The SMILES string of the molecule is CCc1cc(C(Nc2ccc(/C(N)=N/OC=O)cc2)C(=O)NS(N)(=O)=O)cc2c(C)coc12. The number of nitrogens with zero attached hydrogens (tertiary/aromatic N) is 1. The predicted octanol–water partition coefficient (Wildman–Crippen LogP) is 1.57.